The lowest BCUT2D eigenvalue weighted by Crippen LogP contribution is -2.47. The molecule has 0 unspecified atom stereocenters. The maximum Gasteiger partial charge on any atom is 0.414 e. The Balaban J connectivity index is 2.99. The second-order valence-electron chi connectivity index (χ2n) is 7.34. The molecule has 8 heteroatoms. The van der Waals surface area contributed by atoms with Crippen molar-refractivity contribution in [2.24, 2.45) is 4.99 Å². The number of rotatable bonds is 1. The molecule has 1 aromatic carbocycles. The zero-order valence-corrected chi connectivity index (χ0v) is 15.8. The number of benzene rings is 1. The van der Waals surface area contributed by atoms with E-state index in [4.69, 9.17) is 16.0 Å². The van der Waals surface area contributed by atoms with Crippen LogP contribution in [0.5, 0.6) is 0 Å². The van der Waals surface area contributed by atoms with Gasteiger partial charge >= 0.3 is 12.2 Å². The molecule has 0 heterocycles. The first-order valence-corrected chi connectivity index (χ1v) is 7.94. The van der Waals surface area contributed by atoms with E-state index in [0.717, 1.165) is 0 Å². The molecular weight excluding hydrogens is 336 g/mol. The number of guanidine groups is 1. The quantitative estimate of drug-likeness (QED) is 0.444. The summed E-state index contributed by atoms with van der Waals surface area (Å²) in [5.41, 5.74) is -0.540. The summed E-state index contributed by atoms with van der Waals surface area (Å²) in [6.07, 6.45) is -1.55. The molecule has 0 aliphatic rings. The SMILES string of the molecule is [C-]#[N+]c1ccc(N=C(NC(=O)OC(C)(C)C)NC(=O)OC(C)(C)C)cc1. The van der Waals surface area contributed by atoms with E-state index in [-0.39, 0.29) is 5.96 Å². The molecule has 0 aliphatic carbocycles. The summed E-state index contributed by atoms with van der Waals surface area (Å²) in [5.74, 6) is -0.149. The first kappa shape index (κ1) is 21.0. The van der Waals surface area contributed by atoms with E-state index in [1.807, 2.05) is 0 Å². The van der Waals surface area contributed by atoms with Crippen molar-refractivity contribution in [3.63, 3.8) is 0 Å². The second-order valence-corrected chi connectivity index (χ2v) is 7.34. The van der Waals surface area contributed by atoms with Crippen LogP contribution in [-0.4, -0.2) is 29.3 Å². The zero-order valence-electron chi connectivity index (χ0n) is 15.8. The van der Waals surface area contributed by atoms with Crippen LogP contribution in [-0.2, 0) is 9.47 Å². The smallest absolute Gasteiger partial charge is 0.414 e. The summed E-state index contributed by atoms with van der Waals surface area (Å²) in [4.78, 5) is 31.4. The highest BCUT2D eigenvalue weighted by Gasteiger charge is 2.21. The molecule has 1 rings (SSSR count). The van der Waals surface area contributed by atoms with E-state index < -0.39 is 23.4 Å². The predicted molar refractivity (Wildman–Crippen MR) is 98.5 cm³/mol. The van der Waals surface area contributed by atoms with Crippen LogP contribution in [0, 0.1) is 6.57 Å². The first-order chi connectivity index (χ1) is 11.9. The Morgan fingerprint density at radius 1 is 0.923 bits per heavy atom. The van der Waals surface area contributed by atoms with Crippen LogP contribution in [0.2, 0.25) is 0 Å². The maximum absolute atomic E-state index is 12.0. The van der Waals surface area contributed by atoms with Crippen LogP contribution in [0.15, 0.2) is 29.3 Å². The average molecular weight is 360 g/mol. The highest BCUT2D eigenvalue weighted by atomic mass is 16.6. The van der Waals surface area contributed by atoms with E-state index in [1.54, 1.807) is 65.8 Å². The number of nitrogens with zero attached hydrogens (tertiary/aromatic N) is 2. The normalized spacial score (nSPS) is 11.0. The molecule has 8 nitrogen and oxygen atoms in total. The Kier molecular flexibility index (Phi) is 6.72. The molecule has 0 spiro atoms. The lowest BCUT2D eigenvalue weighted by atomic mass is 10.2. The van der Waals surface area contributed by atoms with Gasteiger partial charge < -0.3 is 9.47 Å². The van der Waals surface area contributed by atoms with E-state index >= 15 is 0 Å². The molecule has 26 heavy (non-hydrogen) atoms. The van der Waals surface area contributed by atoms with Gasteiger partial charge in [0.25, 0.3) is 0 Å². The Hall–Kier alpha value is -3.08. The minimum absolute atomic E-state index is 0.149. The van der Waals surface area contributed by atoms with Crippen LogP contribution in [0.4, 0.5) is 21.0 Å². The van der Waals surface area contributed by atoms with Crippen molar-refractivity contribution < 1.29 is 19.1 Å². The fraction of sp³-hybridized carbons (Fsp3) is 0.444. The molecule has 0 atom stereocenters. The predicted octanol–water partition coefficient (Wildman–Crippen LogP) is 4.27. The fourth-order valence-electron chi connectivity index (χ4n) is 1.62. The average Bonchev–Trinajstić information content (AvgIpc) is 2.43. The van der Waals surface area contributed by atoms with E-state index in [9.17, 15) is 9.59 Å². The summed E-state index contributed by atoms with van der Waals surface area (Å²) < 4.78 is 10.3. The molecule has 1 aromatic rings. The van der Waals surface area contributed by atoms with Crippen LogP contribution in [0.1, 0.15) is 41.5 Å². The van der Waals surface area contributed by atoms with Crippen molar-refractivity contribution in [1.82, 2.24) is 10.6 Å². The Bertz CT molecular complexity index is 688. The number of amides is 2. The summed E-state index contributed by atoms with van der Waals surface area (Å²) in [5, 5.41) is 4.77. The number of carbonyl (C=O) groups excluding carboxylic acids is 2. The molecule has 0 aromatic heterocycles. The van der Waals surface area contributed by atoms with Gasteiger partial charge in [-0.1, -0.05) is 12.1 Å². The Morgan fingerprint density at radius 3 is 1.69 bits per heavy atom. The van der Waals surface area contributed by atoms with Gasteiger partial charge in [0, 0.05) is 0 Å². The molecule has 0 radical (unpaired) electrons. The third-order valence-electron chi connectivity index (χ3n) is 2.46. The third-order valence-corrected chi connectivity index (χ3v) is 2.46. The third kappa shape index (κ3) is 8.68. The minimum atomic E-state index is -0.773. The van der Waals surface area contributed by atoms with Gasteiger partial charge in [-0.2, -0.15) is 0 Å². The minimum Gasteiger partial charge on any atom is -0.444 e. The number of hydrogen-bond donors (Lipinski definition) is 2. The van der Waals surface area contributed by atoms with Crippen molar-refractivity contribution in [2.45, 2.75) is 52.7 Å². The largest absolute Gasteiger partial charge is 0.444 e. The van der Waals surface area contributed by atoms with Crippen LogP contribution in [0.3, 0.4) is 0 Å². The number of carbonyl (C=O) groups is 2. The zero-order chi connectivity index (χ0) is 20.0. The summed E-state index contributed by atoms with van der Waals surface area (Å²) >= 11 is 0. The molecule has 0 saturated carbocycles. The molecule has 0 fully saturated rings. The van der Waals surface area contributed by atoms with Crippen molar-refractivity contribution in [3.05, 3.63) is 35.7 Å². The van der Waals surface area contributed by atoms with E-state index in [1.165, 1.54) is 0 Å². The highest BCUT2D eigenvalue weighted by molar-refractivity contribution is 6.02. The number of nitrogens with one attached hydrogen (secondary N) is 2. The van der Waals surface area contributed by atoms with E-state index in [2.05, 4.69) is 20.5 Å². The Labute approximate surface area is 153 Å². The van der Waals surface area contributed by atoms with Gasteiger partial charge in [0.1, 0.15) is 11.2 Å². The second kappa shape index (κ2) is 8.34. The van der Waals surface area contributed by atoms with Crippen molar-refractivity contribution in [1.29, 1.82) is 0 Å². The van der Waals surface area contributed by atoms with Gasteiger partial charge in [-0.05, 0) is 53.7 Å². The topological polar surface area (TPSA) is 93.4 Å². The molecular formula is C18H24N4O4. The molecule has 0 aliphatic heterocycles. The molecule has 140 valence electrons. The van der Waals surface area contributed by atoms with Crippen molar-refractivity contribution in [2.75, 3.05) is 0 Å². The number of hydrogen-bond acceptors (Lipinski definition) is 5. The van der Waals surface area contributed by atoms with Crippen molar-refractivity contribution in [3.8, 4) is 0 Å². The highest BCUT2D eigenvalue weighted by Crippen LogP contribution is 2.18. The number of ether oxygens (including phenoxy) is 2. The lowest BCUT2D eigenvalue weighted by molar-refractivity contribution is 0.0545. The van der Waals surface area contributed by atoms with Gasteiger partial charge in [0.2, 0.25) is 5.96 Å². The summed E-state index contributed by atoms with van der Waals surface area (Å²) in [7, 11) is 0. The standard InChI is InChI=1S/C18H24N4O4/c1-17(2,3)25-15(23)21-14(22-16(24)26-18(4,5)6)20-13-10-8-12(19-7)9-11-13/h8-11H,1-6H3,(H2,20,21,22,23,24). The van der Waals surface area contributed by atoms with Crippen LogP contribution < -0.4 is 10.6 Å². The van der Waals surface area contributed by atoms with Crippen molar-refractivity contribution >= 4 is 29.5 Å². The maximum atomic E-state index is 12.0. The van der Waals surface area contributed by atoms with Crippen LogP contribution >= 0.6 is 0 Å². The molecule has 0 saturated heterocycles. The fourth-order valence-corrected chi connectivity index (χ4v) is 1.62. The van der Waals surface area contributed by atoms with E-state index in [0.29, 0.717) is 11.4 Å². The monoisotopic (exact) mass is 360 g/mol. The van der Waals surface area contributed by atoms with Gasteiger partial charge in [0.05, 0.1) is 12.3 Å². The van der Waals surface area contributed by atoms with Gasteiger partial charge in [-0.15, -0.1) is 0 Å². The first-order valence-electron chi connectivity index (χ1n) is 7.94. The summed E-state index contributed by atoms with van der Waals surface area (Å²) in [6, 6.07) is 6.32. The number of aliphatic imine (C=N–C) groups is 1. The molecule has 2 N–H and O–H groups in total. The molecule has 0 bridgehead atoms. The van der Waals surface area contributed by atoms with Crippen LogP contribution in [0.25, 0.3) is 4.85 Å². The van der Waals surface area contributed by atoms with Gasteiger partial charge in [0.15, 0.2) is 5.69 Å². The number of alkyl carbamates (subject to hydrolysis) is 2. The van der Waals surface area contributed by atoms with Gasteiger partial charge in [-0.3, -0.25) is 10.6 Å². The Morgan fingerprint density at radius 2 is 1.35 bits per heavy atom. The molecule has 2 amide bonds. The lowest BCUT2D eigenvalue weighted by Gasteiger charge is -2.22. The van der Waals surface area contributed by atoms with Gasteiger partial charge in [-0.25, -0.2) is 19.4 Å². The summed E-state index contributed by atoms with van der Waals surface area (Å²) in [6.45, 7) is 17.2.